The van der Waals surface area contributed by atoms with Crippen molar-refractivity contribution in [2.45, 2.75) is 9.79 Å². The summed E-state index contributed by atoms with van der Waals surface area (Å²) in [5.41, 5.74) is 1.75. The number of primary sulfonamides is 1. The zero-order valence-electron chi connectivity index (χ0n) is 24.3. The SMILES string of the molecule is COc1cccc(/C=C(\NC(=O)c2ccccc2)C(=O)Nc2ccc(SCC(=O)Nc3ccc(S(N)(=O)=O)cc3)cc2)c1OC. The maximum Gasteiger partial charge on any atom is 0.272 e. The molecule has 0 radical (unpaired) electrons. The normalized spacial score (nSPS) is 11.3. The summed E-state index contributed by atoms with van der Waals surface area (Å²) in [7, 11) is -0.839. The first-order valence-electron chi connectivity index (χ1n) is 13.3. The van der Waals surface area contributed by atoms with Crippen LogP contribution in [0.2, 0.25) is 0 Å². The molecule has 3 amide bonds. The van der Waals surface area contributed by atoms with Crippen molar-refractivity contribution in [2.75, 3.05) is 30.6 Å². The Morgan fingerprint density at radius 1 is 0.800 bits per heavy atom. The van der Waals surface area contributed by atoms with Gasteiger partial charge in [0.05, 0.1) is 24.9 Å². The second-order valence-corrected chi connectivity index (χ2v) is 12.0. The van der Waals surface area contributed by atoms with E-state index in [-0.39, 0.29) is 22.3 Å². The summed E-state index contributed by atoms with van der Waals surface area (Å²) in [5.74, 6) is -0.393. The third kappa shape index (κ3) is 9.19. The van der Waals surface area contributed by atoms with Crippen LogP contribution in [0.15, 0.2) is 113 Å². The van der Waals surface area contributed by atoms with E-state index in [1.807, 2.05) is 0 Å². The number of carbonyl (C=O) groups is 3. The van der Waals surface area contributed by atoms with Gasteiger partial charge in [0.2, 0.25) is 15.9 Å². The highest BCUT2D eigenvalue weighted by Crippen LogP contribution is 2.32. The largest absolute Gasteiger partial charge is 0.493 e. The van der Waals surface area contributed by atoms with Crippen LogP contribution in [0.25, 0.3) is 6.08 Å². The quantitative estimate of drug-likeness (QED) is 0.129. The van der Waals surface area contributed by atoms with Gasteiger partial charge in [0.25, 0.3) is 11.8 Å². The molecule has 11 nitrogen and oxygen atoms in total. The van der Waals surface area contributed by atoms with Crippen LogP contribution in [0, 0.1) is 0 Å². The van der Waals surface area contributed by atoms with Gasteiger partial charge < -0.3 is 25.4 Å². The molecule has 0 saturated carbocycles. The first kappa shape index (κ1) is 32.8. The molecule has 0 aliphatic carbocycles. The first-order chi connectivity index (χ1) is 21.6. The molecular formula is C32H30N4O7S2. The summed E-state index contributed by atoms with van der Waals surface area (Å²) in [6.07, 6.45) is 1.50. The minimum absolute atomic E-state index is 0.0253. The van der Waals surface area contributed by atoms with Crippen molar-refractivity contribution in [1.29, 1.82) is 0 Å². The number of para-hydroxylation sites is 1. The molecule has 0 atom stereocenters. The van der Waals surface area contributed by atoms with Crippen molar-refractivity contribution in [2.24, 2.45) is 5.14 Å². The molecule has 45 heavy (non-hydrogen) atoms. The van der Waals surface area contributed by atoms with Crippen molar-refractivity contribution in [1.82, 2.24) is 5.32 Å². The van der Waals surface area contributed by atoms with Crippen LogP contribution in [0.4, 0.5) is 11.4 Å². The molecule has 0 unspecified atom stereocenters. The van der Waals surface area contributed by atoms with E-state index in [9.17, 15) is 22.8 Å². The molecule has 0 aliphatic heterocycles. The third-order valence-corrected chi connectivity index (χ3v) is 8.15. The summed E-state index contributed by atoms with van der Waals surface area (Å²) in [6, 6.07) is 26.0. The summed E-state index contributed by atoms with van der Waals surface area (Å²) >= 11 is 1.27. The van der Waals surface area contributed by atoms with Gasteiger partial charge in [0, 0.05) is 27.4 Å². The number of hydrogen-bond acceptors (Lipinski definition) is 8. The van der Waals surface area contributed by atoms with Crippen molar-refractivity contribution in [3.63, 3.8) is 0 Å². The Labute approximate surface area is 264 Å². The molecule has 0 saturated heterocycles. The average molecular weight is 647 g/mol. The lowest BCUT2D eigenvalue weighted by molar-refractivity contribution is -0.114. The molecule has 0 aromatic heterocycles. The van der Waals surface area contributed by atoms with E-state index < -0.39 is 21.8 Å². The lowest BCUT2D eigenvalue weighted by Crippen LogP contribution is -2.30. The smallest absolute Gasteiger partial charge is 0.272 e. The van der Waals surface area contributed by atoms with Crippen molar-refractivity contribution < 1.29 is 32.3 Å². The topological polar surface area (TPSA) is 166 Å². The van der Waals surface area contributed by atoms with Crippen LogP contribution < -0.4 is 30.6 Å². The number of methoxy groups -OCH3 is 2. The molecule has 4 aromatic rings. The Hall–Kier alpha value is -5.11. The molecular weight excluding hydrogens is 617 g/mol. The van der Waals surface area contributed by atoms with Crippen LogP contribution in [-0.2, 0) is 19.6 Å². The Balaban J connectivity index is 1.44. The van der Waals surface area contributed by atoms with Crippen LogP contribution in [0.1, 0.15) is 15.9 Å². The monoisotopic (exact) mass is 646 g/mol. The minimum atomic E-state index is -3.82. The predicted octanol–water partition coefficient (Wildman–Crippen LogP) is 4.49. The number of nitrogens with two attached hydrogens (primary N) is 1. The van der Waals surface area contributed by atoms with Gasteiger partial charge in [0.15, 0.2) is 11.5 Å². The molecule has 0 spiro atoms. The standard InChI is InChI=1S/C32H30N4O7S2/c1-42-28-10-6-9-22(30(28)43-2)19-27(36-31(38)21-7-4-3-5-8-21)32(39)35-24-11-15-25(16-12-24)44-20-29(37)34-23-13-17-26(18-14-23)45(33,40)41/h3-19H,20H2,1-2H3,(H,34,37)(H,35,39)(H,36,38)(H2,33,40,41)/b27-19-. The summed E-state index contributed by atoms with van der Waals surface area (Å²) in [4.78, 5) is 39.5. The van der Waals surface area contributed by atoms with Gasteiger partial charge in [0.1, 0.15) is 5.70 Å². The summed E-state index contributed by atoms with van der Waals surface area (Å²) in [5, 5.41) is 13.3. The summed E-state index contributed by atoms with van der Waals surface area (Å²) < 4.78 is 33.6. The van der Waals surface area contributed by atoms with Gasteiger partial charge >= 0.3 is 0 Å². The molecule has 4 rings (SSSR count). The van der Waals surface area contributed by atoms with E-state index >= 15 is 0 Å². The molecule has 0 heterocycles. The molecule has 0 aliphatic rings. The van der Waals surface area contributed by atoms with Gasteiger partial charge in [-0.15, -0.1) is 11.8 Å². The number of hydrogen-bond donors (Lipinski definition) is 4. The number of nitrogens with one attached hydrogen (secondary N) is 3. The molecule has 0 fully saturated rings. The molecule has 4 aromatic carbocycles. The van der Waals surface area contributed by atoms with Crippen LogP contribution >= 0.6 is 11.8 Å². The fourth-order valence-corrected chi connectivity index (χ4v) is 5.24. The van der Waals surface area contributed by atoms with Gasteiger partial charge in [-0.25, -0.2) is 13.6 Å². The predicted molar refractivity (Wildman–Crippen MR) is 174 cm³/mol. The van der Waals surface area contributed by atoms with E-state index in [2.05, 4.69) is 16.0 Å². The van der Waals surface area contributed by atoms with Crippen LogP contribution in [0.5, 0.6) is 11.5 Å². The highest BCUT2D eigenvalue weighted by molar-refractivity contribution is 8.00. The van der Waals surface area contributed by atoms with E-state index in [0.29, 0.717) is 34.0 Å². The lowest BCUT2D eigenvalue weighted by Gasteiger charge is -2.14. The van der Waals surface area contributed by atoms with E-state index in [4.69, 9.17) is 14.6 Å². The van der Waals surface area contributed by atoms with Gasteiger partial charge in [-0.1, -0.05) is 30.3 Å². The van der Waals surface area contributed by atoms with Crippen molar-refractivity contribution in [3.8, 4) is 11.5 Å². The number of thioether (sulfide) groups is 1. The fraction of sp³-hybridized carbons (Fsp3) is 0.0938. The van der Waals surface area contributed by atoms with Crippen LogP contribution in [0.3, 0.4) is 0 Å². The maximum atomic E-state index is 13.4. The lowest BCUT2D eigenvalue weighted by atomic mass is 10.1. The average Bonchev–Trinajstić information content (AvgIpc) is 3.04. The number of benzene rings is 4. The molecule has 232 valence electrons. The van der Waals surface area contributed by atoms with Gasteiger partial charge in [-0.2, -0.15) is 0 Å². The van der Waals surface area contributed by atoms with Crippen molar-refractivity contribution in [3.05, 3.63) is 114 Å². The fourth-order valence-electron chi connectivity index (χ4n) is 4.03. The zero-order valence-corrected chi connectivity index (χ0v) is 25.9. The first-order valence-corrected chi connectivity index (χ1v) is 15.9. The molecule has 5 N–H and O–H groups in total. The van der Waals surface area contributed by atoms with Gasteiger partial charge in [-0.05, 0) is 72.8 Å². The Kier molecular flexibility index (Phi) is 11.0. The Bertz CT molecular complexity index is 1810. The molecule has 0 bridgehead atoms. The zero-order chi connectivity index (χ0) is 32.4. The van der Waals surface area contributed by atoms with Crippen LogP contribution in [-0.4, -0.2) is 46.1 Å². The maximum absolute atomic E-state index is 13.4. The van der Waals surface area contributed by atoms with E-state index in [1.165, 1.54) is 56.3 Å². The van der Waals surface area contributed by atoms with E-state index in [0.717, 1.165) is 4.90 Å². The highest BCUT2D eigenvalue weighted by Gasteiger charge is 2.17. The van der Waals surface area contributed by atoms with Crippen molar-refractivity contribution >= 4 is 57.0 Å². The third-order valence-electron chi connectivity index (χ3n) is 6.21. The molecule has 13 heteroatoms. The Morgan fingerprint density at radius 2 is 1.44 bits per heavy atom. The number of carbonyl (C=O) groups excluding carboxylic acids is 3. The highest BCUT2D eigenvalue weighted by atomic mass is 32.2. The number of rotatable bonds is 12. The Morgan fingerprint density at radius 3 is 2.07 bits per heavy atom. The number of sulfonamides is 1. The second-order valence-electron chi connectivity index (χ2n) is 9.35. The van der Waals surface area contributed by atoms with Gasteiger partial charge in [-0.3, -0.25) is 14.4 Å². The minimum Gasteiger partial charge on any atom is -0.493 e. The summed E-state index contributed by atoms with van der Waals surface area (Å²) in [6.45, 7) is 0. The second kappa shape index (κ2) is 15.1. The number of ether oxygens (including phenoxy) is 2. The number of anilines is 2. The number of amides is 3. The van der Waals surface area contributed by atoms with E-state index in [1.54, 1.807) is 72.8 Å².